The van der Waals surface area contributed by atoms with Crippen LogP contribution in [0.5, 0.6) is 0 Å². The monoisotopic (exact) mass is 239 g/mol. The second kappa shape index (κ2) is 5.42. The Morgan fingerprint density at radius 3 is 2.87 bits per heavy atom. The maximum absolute atomic E-state index is 5.77. The van der Waals surface area contributed by atoms with Gasteiger partial charge in [-0.05, 0) is 33.8 Å². The molecule has 0 aliphatic heterocycles. The smallest absolute Gasteiger partial charge is 0.0960 e. The highest BCUT2D eigenvalue weighted by molar-refractivity contribution is 7.09. The van der Waals surface area contributed by atoms with Crippen LogP contribution in [0.25, 0.3) is 0 Å². The van der Waals surface area contributed by atoms with E-state index in [-0.39, 0.29) is 6.10 Å². The van der Waals surface area contributed by atoms with Gasteiger partial charge in [0.25, 0.3) is 0 Å². The van der Waals surface area contributed by atoms with Crippen molar-refractivity contribution in [2.75, 3.05) is 6.54 Å². The Bertz CT molecular complexity index is 369. The van der Waals surface area contributed by atoms with Crippen molar-refractivity contribution in [1.82, 2.24) is 0 Å². The van der Waals surface area contributed by atoms with Gasteiger partial charge in [-0.25, -0.2) is 0 Å². The van der Waals surface area contributed by atoms with Crippen LogP contribution >= 0.6 is 22.7 Å². The third-order valence-electron chi connectivity index (χ3n) is 2.14. The number of ether oxygens (including phenoxy) is 1. The van der Waals surface area contributed by atoms with Gasteiger partial charge in [0.2, 0.25) is 0 Å². The van der Waals surface area contributed by atoms with E-state index in [1.54, 1.807) is 22.7 Å². The lowest BCUT2D eigenvalue weighted by atomic mass is 10.2. The fraction of sp³-hybridized carbons (Fsp3) is 0.273. The minimum atomic E-state index is 0.0262. The van der Waals surface area contributed by atoms with Gasteiger partial charge in [-0.2, -0.15) is 11.3 Å². The molecule has 0 aromatic carbocycles. The van der Waals surface area contributed by atoms with Crippen molar-refractivity contribution < 1.29 is 4.74 Å². The molecule has 2 rings (SSSR count). The van der Waals surface area contributed by atoms with Crippen molar-refractivity contribution >= 4 is 22.7 Å². The highest BCUT2D eigenvalue weighted by atomic mass is 32.1. The minimum absolute atomic E-state index is 0.0262. The van der Waals surface area contributed by atoms with E-state index < -0.39 is 0 Å². The SMILES string of the molecule is NCC(OCc1cccs1)c1ccsc1. The Kier molecular flexibility index (Phi) is 3.91. The molecule has 0 spiro atoms. The van der Waals surface area contributed by atoms with E-state index in [0.29, 0.717) is 13.2 Å². The molecule has 1 unspecified atom stereocenters. The first-order chi connectivity index (χ1) is 7.40. The summed E-state index contributed by atoms with van der Waals surface area (Å²) in [5.74, 6) is 0. The van der Waals surface area contributed by atoms with E-state index in [1.807, 2.05) is 11.4 Å². The Hall–Kier alpha value is -0.680. The van der Waals surface area contributed by atoms with Crippen molar-refractivity contribution in [2.24, 2.45) is 5.73 Å². The minimum Gasteiger partial charge on any atom is -0.367 e. The van der Waals surface area contributed by atoms with Gasteiger partial charge >= 0.3 is 0 Å². The van der Waals surface area contributed by atoms with Gasteiger partial charge < -0.3 is 10.5 Å². The van der Waals surface area contributed by atoms with E-state index in [0.717, 1.165) is 0 Å². The topological polar surface area (TPSA) is 35.2 Å². The molecule has 2 heterocycles. The fourth-order valence-electron chi connectivity index (χ4n) is 1.34. The van der Waals surface area contributed by atoms with Crippen LogP contribution in [0.2, 0.25) is 0 Å². The first-order valence-corrected chi connectivity index (χ1v) is 6.58. The average Bonchev–Trinajstić information content (AvgIpc) is 2.90. The standard InChI is InChI=1S/C11H13NOS2/c12-6-11(9-3-5-14-8-9)13-7-10-2-1-4-15-10/h1-5,8,11H,6-7,12H2. The molecular weight excluding hydrogens is 226 g/mol. The van der Waals surface area contributed by atoms with Crippen LogP contribution in [-0.4, -0.2) is 6.54 Å². The summed E-state index contributed by atoms with van der Waals surface area (Å²) < 4.78 is 5.77. The summed E-state index contributed by atoms with van der Waals surface area (Å²) in [7, 11) is 0. The van der Waals surface area contributed by atoms with Crippen LogP contribution in [-0.2, 0) is 11.3 Å². The predicted molar refractivity (Wildman–Crippen MR) is 65.2 cm³/mol. The summed E-state index contributed by atoms with van der Waals surface area (Å²) in [6, 6.07) is 6.17. The summed E-state index contributed by atoms with van der Waals surface area (Å²) in [5, 5.41) is 6.19. The number of rotatable bonds is 5. The van der Waals surface area contributed by atoms with E-state index >= 15 is 0 Å². The van der Waals surface area contributed by atoms with Gasteiger partial charge in [0.05, 0.1) is 12.7 Å². The Labute approximate surface area is 97.3 Å². The van der Waals surface area contributed by atoms with Gasteiger partial charge in [-0.1, -0.05) is 6.07 Å². The Balaban J connectivity index is 1.92. The maximum Gasteiger partial charge on any atom is 0.0960 e. The summed E-state index contributed by atoms with van der Waals surface area (Å²) in [5.41, 5.74) is 6.87. The second-order valence-corrected chi connectivity index (χ2v) is 4.98. The molecule has 15 heavy (non-hydrogen) atoms. The zero-order valence-corrected chi connectivity index (χ0v) is 9.89. The van der Waals surface area contributed by atoms with E-state index in [2.05, 4.69) is 22.9 Å². The number of nitrogens with two attached hydrogens (primary N) is 1. The van der Waals surface area contributed by atoms with Crippen molar-refractivity contribution in [1.29, 1.82) is 0 Å². The molecule has 0 saturated heterocycles. The summed E-state index contributed by atoms with van der Waals surface area (Å²) >= 11 is 3.38. The van der Waals surface area contributed by atoms with Crippen LogP contribution < -0.4 is 5.73 Å². The molecule has 80 valence electrons. The molecule has 2 N–H and O–H groups in total. The number of hydrogen-bond donors (Lipinski definition) is 1. The molecule has 0 fully saturated rings. The molecule has 0 saturated carbocycles. The summed E-state index contributed by atoms with van der Waals surface area (Å²) in [6.45, 7) is 1.18. The molecule has 0 aliphatic carbocycles. The van der Waals surface area contributed by atoms with E-state index in [1.165, 1.54) is 10.4 Å². The van der Waals surface area contributed by atoms with Crippen molar-refractivity contribution in [3.8, 4) is 0 Å². The lowest BCUT2D eigenvalue weighted by Gasteiger charge is -2.13. The molecular formula is C11H13NOS2. The molecule has 2 nitrogen and oxygen atoms in total. The van der Waals surface area contributed by atoms with Crippen molar-refractivity contribution in [3.63, 3.8) is 0 Å². The lowest BCUT2D eigenvalue weighted by molar-refractivity contribution is 0.0475. The molecule has 0 bridgehead atoms. The summed E-state index contributed by atoms with van der Waals surface area (Å²) in [6.07, 6.45) is 0.0262. The molecule has 1 atom stereocenters. The fourth-order valence-corrected chi connectivity index (χ4v) is 2.66. The largest absolute Gasteiger partial charge is 0.367 e. The highest BCUT2D eigenvalue weighted by Crippen LogP contribution is 2.21. The van der Waals surface area contributed by atoms with Gasteiger partial charge in [-0.15, -0.1) is 11.3 Å². The van der Waals surface area contributed by atoms with Crippen LogP contribution in [0.3, 0.4) is 0 Å². The Morgan fingerprint density at radius 2 is 2.27 bits per heavy atom. The van der Waals surface area contributed by atoms with Crippen molar-refractivity contribution in [3.05, 3.63) is 44.8 Å². The zero-order chi connectivity index (χ0) is 10.5. The zero-order valence-electron chi connectivity index (χ0n) is 8.26. The predicted octanol–water partition coefficient (Wildman–Crippen LogP) is 3.03. The molecule has 0 radical (unpaired) electrons. The first-order valence-electron chi connectivity index (χ1n) is 4.76. The van der Waals surface area contributed by atoms with Crippen molar-refractivity contribution in [2.45, 2.75) is 12.7 Å². The van der Waals surface area contributed by atoms with E-state index in [4.69, 9.17) is 10.5 Å². The van der Waals surface area contributed by atoms with E-state index in [9.17, 15) is 0 Å². The molecule has 0 amide bonds. The Morgan fingerprint density at radius 1 is 1.33 bits per heavy atom. The van der Waals surface area contributed by atoms with Gasteiger partial charge in [0.15, 0.2) is 0 Å². The summed E-state index contributed by atoms with van der Waals surface area (Å²) in [4.78, 5) is 1.24. The van der Waals surface area contributed by atoms with Crippen LogP contribution in [0.15, 0.2) is 34.3 Å². The molecule has 2 aromatic heterocycles. The van der Waals surface area contributed by atoms with Crippen LogP contribution in [0.4, 0.5) is 0 Å². The quantitative estimate of drug-likeness (QED) is 0.870. The first kappa shape index (κ1) is 10.8. The third-order valence-corrected chi connectivity index (χ3v) is 3.69. The van der Waals surface area contributed by atoms with Gasteiger partial charge in [0.1, 0.15) is 0 Å². The second-order valence-electron chi connectivity index (χ2n) is 3.17. The lowest BCUT2D eigenvalue weighted by Crippen LogP contribution is -2.14. The number of thiophene rings is 2. The molecule has 2 aromatic rings. The number of hydrogen-bond acceptors (Lipinski definition) is 4. The average molecular weight is 239 g/mol. The normalized spacial score (nSPS) is 12.9. The molecule has 0 aliphatic rings. The van der Waals surface area contributed by atoms with Crippen LogP contribution in [0, 0.1) is 0 Å². The third kappa shape index (κ3) is 2.89. The maximum atomic E-state index is 5.77. The van der Waals surface area contributed by atoms with Crippen LogP contribution in [0.1, 0.15) is 16.5 Å². The van der Waals surface area contributed by atoms with Gasteiger partial charge in [0, 0.05) is 11.4 Å². The van der Waals surface area contributed by atoms with Gasteiger partial charge in [-0.3, -0.25) is 0 Å². The highest BCUT2D eigenvalue weighted by Gasteiger charge is 2.10. The molecule has 4 heteroatoms.